The molecule has 0 aromatic heterocycles. The second kappa shape index (κ2) is 6.10. The van der Waals surface area contributed by atoms with Crippen LogP contribution in [0.5, 0.6) is 5.75 Å². The van der Waals surface area contributed by atoms with Crippen molar-refractivity contribution in [2.24, 2.45) is 0 Å². The SMILES string of the molecule is COc1ccc(/C(C#N)=C/CCCl)cc1. The van der Waals surface area contributed by atoms with Gasteiger partial charge in [-0.1, -0.05) is 6.08 Å². The van der Waals surface area contributed by atoms with Crippen LogP contribution in [0.1, 0.15) is 12.0 Å². The van der Waals surface area contributed by atoms with Gasteiger partial charge in [-0.25, -0.2) is 0 Å². The Kier molecular flexibility index (Phi) is 4.73. The average molecular weight is 222 g/mol. The molecule has 0 aliphatic rings. The normalized spacial score (nSPS) is 10.9. The Bertz CT molecular complexity index is 376. The molecule has 0 aliphatic carbocycles. The van der Waals surface area contributed by atoms with Gasteiger partial charge in [0, 0.05) is 5.88 Å². The number of ether oxygens (including phenoxy) is 1. The molecule has 0 aliphatic heterocycles. The predicted octanol–water partition coefficient (Wildman–Crippen LogP) is 3.23. The Morgan fingerprint density at radius 1 is 1.47 bits per heavy atom. The van der Waals surface area contributed by atoms with Gasteiger partial charge in [-0.15, -0.1) is 11.6 Å². The molecule has 0 N–H and O–H groups in total. The third kappa shape index (κ3) is 3.30. The summed E-state index contributed by atoms with van der Waals surface area (Å²) in [6, 6.07) is 9.55. The molecule has 2 nitrogen and oxygen atoms in total. The fourth-order valence-electron chi connectivity index (χ4n) is 1.20. The second-order valence-electron chi connectivity index (χ2n) is 2.94. The molecule has 0 saturated heterocycles. The minimum atomic E-state index is 0.529. The molecule has 0 fully saturated rings. The molecule has 1 aromatic carbocycles. The molecule has 1 aromatic rings. The van der Waals surface area contributed by atoms with Crippen molar-refractivity contribution < 1.29 is 4.74 Å². The molecule has 0 heterocycles. The highest BCUT2D eigenvalue weighted by Gasteiger charge is 1.99. The van der Waals surface area contributed by atoms with Gasteiger partial charge in [-0.3, -0.25) is 0 Å². The maximum atomic E-state index is 8.94. The highest BCUT2D eigenvalue weighted by atomic mass is 35.5. The molecule has 78 valence electrons. The van der Waals surface area contributed by atoms with Crippen LogP contribution in [0.4, 0.5) is 0 Å². The number of hydrogen-bond donors (Lipinski definition) is 0. The van der Waals surface area contributed by atoms with Gasteiger partial charge in [0.05, 0.1) is 18.8 Å². The average Bonchev–Trinajstić information content (AvgIpc) is 2.31. The monoisotopic (exact) mass is 221 g/mol. The van der Waals surface area contributed by atoms with Gasteiger partial charge >= 0.3 is 0 Å². The Morgan fingerprint density at radius 2 is 2.13 bits per heavy atom. The number of nitrogens with zero attached hydrogens (tertiary/aromatic N) is 1. The number of halogens is 1. The van der Waals surface area contributed by atoms with Gasteiger partial charge in [-0.05, 0) is 36.2 Å². The van der Waals surface area contributed by atoms with Crippen LogP contribution in [0, 0.1) is 11.3 Å². The molecule has 0 amide bonds. The van der Waals surface area contributed by atoms with Crippen molar-refractivity contribution in [2.45, 2.75) is 6.42 Å². The lowest BCUT2D eigenvalue weighted by molar-refractivity contribution is 0.415. The smallest absolute Gasteiger partial charge is 0.118 e. The first-order valence-electron chi connectivity index (χ1n) is 4.62. The fraction of sp³-hybridized carbons (Fsp3) is 0.250. The van der Waals surface area contributed by atoms with Crippen LogP contribution < -0.4 is 4.74 Å². The van der Waals surface area contributed by atoms with Crippen molar-refractivity contribution >= 4 is 17.2 Å². The van der Waals surface area contributed by atoms with Crippen LogP contribution in [0.3, 0.4) is 0 Å². The van der Waals surface area contributed by atoms with E-state index in [2.05, 4.69) is 6.07 Å². The topological polar surface area (TPSA) is 33.0 Å². The van der Waals surface area contributed by atoms with E-state index in [4.69, 9.17) is 21.6 Å². The number of alkyl halides is 1. The summed E-state index contributed by atoms with van der Waals surface area (Å²) in [5, 5.41) is 8.94. The fourth-order valence-corrected chi connectivity index (χ4v) is 1.31. The first-order chi connectivity index (χ1) is 7.31. The molecule has 0 radical (unpaired) electrons. The standard InChI is InChI=1S/C12H12ClNO/c1-15-12-6-4-10(5-7-12)11(9-14)3-2-8-13/h3-7H,2,8H2,1H3/b11-3+. The Morgan fingerprint density at radius 3 is 2.60 bits per heavy atom. The zero-order chi connectivity index (χ0) is 11.1. The molecule has 0 spiro atoms. The highest BCUT2D eigenvalue weighted by Crippen LogP contribution is 2.18. The van der Waals surface area contributed by atoms with Gasteiger partial charge in [0.1, 0.15) is 5.75 Å². The number of hydrogen-bond acceptors (Lipinski definition) is 2. The van der Waals surface area contributed by atoms with Crippen LogP contribution in [0.2, 0.25) is 0 Å². The zero-order valence-corrected chi connectivity index (χ0v) is 9.29. The van der Waals surface area contributed by atoms with Crippen LogP contribution >= 0.6 is 11.6 Å². The maximum absolute atomic E-state index is 8.94. The Labute approximate surface area is 94.7 Å². The third-order valence-electron chi connectivity index (χ3n) is 1.98. The molecule has 0 bridgehead atoms. The predicted molar refractivity (Wildman–Crippen MR) is 61.9 cm³/mol. The molecule has 1 rings (SSSR count). The first kappa shape index (κ1) is 11.6. The molecule has 3 heteroatoms. The van der Waals surface area contributed by atoms with Crippen LogP contribution in [0.25, 0.3) is 5.57 Å². The van der Waals surface area contributed by atoms with Crippen molar-refractivity contribution in [3.8, 4) is 11.8 Å². The summed E-state index contributed by atoms with van der Waals surface area (Å²) >= 11 is 5.56. The van der Waals surface area contributed by atoms with Crippen molar-refractivity contribution in [3.05, 3.63) is 35.9 Å². The minimum Gasteiger partial charge on any atom is -0.497 e. The zero-order valence-electron chi connectivity index (χ0n) is 8.53. The van der Waals surface area contributed by atoms with Crippen LogP contribution in [-0.2, 0) is 0 Å². The maximum Gasteiger partial charge on any atom is 0.118 e. The molecule has 15 heavy (non-hydrogen) atoms. The Hall–Kier alpha value is -1.46. The van der Waals surface area contributed by atoms with Gasteiger partial charge in [-0.2, -0.15) is 5.26 Å². The number of rotatable bonds is 4. The van der Waals surface area contributed by atoms with Crippen molar-refractivity contribution in [1.82, 2.24) is 0 Å². The van der Waals surface area contributed by atoms with E-state index in [0.717, 1.165) is 11.3 Å². The summed E-state index contributed by atoms with van der Waals surface area (Å²) in [5.74, 6) is 1.31. The van der Waals surface area contributed by atoms with E-state index in [1.165, 1.54) is 0 Å². The summed E-state index contributed by atoms with van der Waals surface area (Å²) in [7, 11) is 1.61. The van der Waals surface area contributed by atoms with E-state index in [0.29, 0.717) is 17.9 Å². The van der Waals surface area contributed by atoms with Gasteiger partial charge in [0.25, 0.3) is 0 Å². The minimum absolute atomic E-state index is 0.529. The number of allylic oxidation sites excluding steroid dienone is 2. The molecule has 0 atom stereocenters. The molecule has 0 saturated carbocycles. The van der Waals surface area contributed by atoms with Crippen LogP contribution in [0.15, 0.2) is 30.3 Å². The summed E-state index contributed by atoms with van der Waals surface area (Å²) in [5.41, 5.74) is 1.54. The molecule has 0 unspecified atom stereocenters. The lowest BCUT2D eigenvalue weighted by atomic mass is 10.1. The summed E-state index contributed by atoms with van der Waals surface area (Å²) in [6.07, 6.45) is 2.55. The second-order valence-corrected chi connectivity index (χ2v) is 3.31. The van der Waals surface area contributed by atoms with E-state index >= 15 is 0 Å². The van der Waals surface area contributed by atoms with Gasteiger partial charge < -0.3 is 4.74 Å². The Balaban J connectivity index is 2.89. The number of methoxy groups -OCH3 is 1. The summed E-state index contributed by atoms with van der Waals surface area (Å²) in [6.45, 7) is 0. The molecular weight excluding hydrogens is 210 g/mol. The van der Waals surface area contributed by atoms with E-state index in [-0.39, 0.29) is 0 Å². The van der Waals surface area contributed by atoms with Crippen molar-refractivity contribution in [3.63, 3.8) is 0 Å². The van der Waals surface area contributed by atoms with Crippen molar-refractivity contribution in [2.75, 3.05) is 13.0 Å². The van der Waals surface area contributed by atoms with Crippen molar-refractivity contribution in [1.29, 1.82) is 5.26 Å². The lowest BCUT2D eigenvalue weighted by Gasteiger charge is -2.01. The van der Waals surface area contributed by atoms with E-state index in [1.54, 1.807) is 7.11 Å². The quantitative estimate of drug-likeness (QED) is 0.578. The summed E-state index contributed by atoms with van der Waals surface area (Å²) in [4.78, 5) is 0. The van der Waals surface area contributed by atoms with E-state index in [9.17, 15) is 0 Å². The summed E-state index contributed by atoms with van der Waals surface area (Å²) < 4.78 is 5.04. The van der Waals surface area contributed by atoms with Gasteiger partial charge in [0.2, 0.25) is 0 Å². The largest absolute Gasteiger partial charge is 0.497 e. The van der Waals surface area contributed by atoms with E-state index < -0.39 is 0 Å². The molecular formula is C12H12ClNO. The third-order valence-corrected chi connectivity index (χ3v) is 2.20. The number of nitriles is 1. The number of benzene rings is 1. The lowest BCUT2D eigenvalue weighted by Crippen LogP contribution is -1.85. The van der Waals surface area contributed by atoms with Crippen LogP contribution in [-0.4, -0.2) is 13.0 Å². The highest BCUT2D eigenvalue weighted by molar-refractivity contribution is 6.18. The first-order valence-corrected chi connectivity index (χ1v) is 5.16. The van der Waals surface area contributed by atoms with Gasteiger partial charge in [0.15, 0.2) is 0 Å². The van der Waals surface area contributed by atoms with E-state index in [1.807, 2.05) is 30.3 Å².